The van der Waals surface area contributed by atoms with Gasteiger partial charge in [-0.1, -0.05) is 30.3 Å². The average Bonchev–Trinajstić information content (AvgIpc) is 3.39. The van der Waals surface area contributed by atoms with Gasteiger partial charge in [-0.3, -0.25) is 14.5 Å². The van der Waals surface area contributed by atoms with Crippen LogP contribution in [0.2, 0.25) is 0 Å². The summed E-state index contributed by atoms with van der Waals surface area (Å²) >= 11 is 0. The van der Waals surface area contributed by atoms with E-state index >= 15 is 0 Å². The van der Waals surface area contributed by atoms with E-state index in [-0.39, 0.29) is 17.7 Å². The predicted molar refractivity (Wildman–Crippen MR) is 111 cm³/mol. The fourth-order valence-electron chi connectivity index (χ4n) is 4.11. The summed E-state index contributed by atoms with van der Waals surface area (Å²) in [5.74, 6) is -0.325. The number of aromatic amines is 1. The largest absolute Gasteiger partial charge is 0.368 e. The lowest BCUT2D eigenvalue weighted by atomic mass is 9.96. The lowest BCUT2D eigenvalue weighted by Gasteiger charge is -2.28. The van der Waals surface area contributed by atoms with E-state index in [1.807, 2.05) is 48.4 Å². The Bertz CT molecular complexity index is 1020. The maximum Gasteiger partial charge on any atom is 0.237 e. The number of nitrogens with one attached hydrogen (secondary N) is 2. The SMILES string of the molecule is C[C@@H](C(=O)NCc1cnc2[nH]ccc2c1)N1CC(c2ccccc2)CC1C(N)=O. The van der Waals surface area contributed by atoms with Gasteiger partial charge < -0.3 is 16.0 Å². The molecule has 0 saturated carbocycles. The molecule has 7 heteroatoms. The zero-order valence-electron chi connectivity index (χ0n) is 16.3. The van der Waals surface area contributed by atoms with E-state index in [9.17, 15) is 9.59 Å². The number of hydrogen-bond donors (Lipinski definition) is 3. The zero-order chi connectivity index (χ0) is 20.4. The average molecular weight is 391 g/mol. The number of amides is 2. The van der Waals surface area contributed by atoms with E-state index in [1.165, 1.54) is 5.56 Å². The molecule has 3 aromatic rings. The molecule has 1 saturated heterocycles. The van der Waals surface area contributed by atoms with E-state index in [2.05, 4.69) is 27.4 Å². The van der Waals surface area contributed by atoms with E-state index in [4.69, 9.17) is 5.73 Å². The van der Waals surface area contributed by atoms with Crippen molar-refractivity contribution in [3.8, 4) is 0 Å². The molecule has 29 heavy (non-hydrogen) atoms. The van der Waals surface area contributed by atoms with Gasteiger partial charge in [0.05, 0.1) is 12.1 Å². The Balaban J connectivity index is 1.42. The number of H-pyrrole nitrogens is 1. The van der Waals surface area contributed by atoms with E-state index < -0.39 is 12.1 Å². The van der Waals surface area contributed by atoms with E-state index in [0.29, 0.717) is 19.5 Å². The first kappa shape index (κ1) is 19.1. The molecule has 0 aliphatic carbocycles. The Morgan fingerprint density at radius 2 is 2.10 bits per heavy atom. The van der Waals surface area contributed by atoms with Crippen LogP contribution in [0.5, 0.6) is 0 Å². The van der Waals surface area contributed by atoms with Gasteiger partial charge in [-0.15, -0.1) is 0 Å². The van der Waals surface area contributed by atoms with Crippen LogP contribution in [0.15, 0.2) is 54.9 Å². The Morgan fingerprint density at radius 1 is 1.31 bits per heavy atom. The smallest absolute Gasteiger partial charge is 0.237 e. The zero-order valence-corrected chi connectivity index (χ0v) is 16.3. The Labute approximate surface area is 169 Å². The number of rotatable bonds is 6. The molecule has 3 atom stereocenters. The molecular formula is C22H25N5O2. The van der Waals surface area contributed by atoms with Gasteiger partial charge in [0.15, 0.2) is 0 Å². The summed E-state index contributed by atoms with van der Waals surface area (Å²) in [5, 5.41) is 3.97. The first-order chi connectivity index (χ1) is 14.0. The van der Waals surface area contributed by atoms with Crippen molar-refractivity contribution < 1.29 is 9.59 Å². The highest BCUT2D eigenvalue weighted by molar-refractivity contribution is 5.85. The lowest BCUT2D eigenvalue weighted by Crippen LogP contribution is -2.51. The number of likely N-dealkylation sites (tertiary alicyclic amines) is 1. The topological polar surface area (TPSA) is 104 Å². The minimum atomic E-state index is -0.454. The molecule has 1 aromatic carbocycles. The molecule has 1 aliphatic rings. The van der Waals surface area contributed by atoms with Crippen LogP contribution >= 0.6 is 0 Å². The monoisotopic (exact) mass is 391 g/mol. The maximum atomic E-state index is 12.8. The molecule has 0 spiro atoms. The second kappa shape index (κ2) is 8.05. The molecule has 3 heterocycles. The third kappa shape index (κ3) is 4.00. The summed E-state index contributed by atoms with van der Waals surface area (Å²) in [5.41, 5.74) is 8.56. The second-order valence-corrected chi connectivity index (χ2v) is 7.61. The molecule has 0 radical (unpaired) electrons. The van der Waals surface area contributed by atoms with Crippen molar-refractivity contribution in [2.24, 2.45) is 5.73 Å². The summed E-state index contributed by atoms with van der Waals surface area (Å²) < 4.78 is 0. The molecule has 1 fully saturated rings. The van der Waals surface area contributed by atoms with Gasteiger partial charge >= 0.3 is 0 Å². The van der Waals surface area contributed by atoms with Gasteiger partial charge in [0.25, 0.3) is 0 Å². The maximum absolute atomic E-state index is 12.8. The van der Waals surface area contributed by atoms with Crippen LogP contribution in [0.4, 0.5) is 0 Å². The first-order valence-corrected chi connectivity index (χ1v) is 9.82. The van der Waals surface area contributed by atoms with Crippen molar-refractivity contribution in [2.75, 3.05) is 6.54 Å². The van der Waals surface area contributed by atoms with E-state index in [0.717, 1.165) is 16.6 Å². The van der Waals surface area contributed by atoms with Gasteiger partial charge in [0.2, 0.25) is 11.8 Å². The number of benzene rings is 1. The summed E-state index contributed by atoms with van der Waals surface area (Å²) in [6.45, 7) is 2.84. The highest BCUT2D eigenvalue weighted by Gasteiger charge is 2.40. The number of carbonyl (C=O) groups is 2. The number of nitrogens with zero attached hydrogens (tertiary/aromatic N) is 2. The first-order valence-electron chi connectivity index (χ1n) is 9.82. The number of nitrogens with two attached hydrogens (primary N) is 1. The molecular weight excluding hydrogens is 366 g/mol. The predicted octanol–water partition coefficient (Wildman–Crippen LogP) is 1.91. The molecule has 4 rings (SSSR count). The number of aromatic nitrogens is 2. The number of pyridine rings is 1. The molecule has 2 amide bonds. The minimum Gasteiger partial charge on any atom is -0.368 e. The van der Waals surface area contributed by atoms with Crippen LogP contribution in [0, 0.1) is 0 Å². The van der Waals surface area contributed by atoms with Crippen molar-refractivity contribution in [3.05, 3.63) is 66.0 Å². The summed E-state index contributed by atoms with van der Waals surface area (Å²) in [4.78, 5) is 34.1. The fraction of sp³-hybridized carbons (Fsp3) is 0.318. The van der Waals surface area contributed by atoms with Crippen LogP contribution in [-0.4, -0.2) is 45.3 Å². The third-order valence-corrected chi connectivity index (χ3v) is 5.74. The quantitative estimate of drug-likeness (QED) is 0.597. The molecule has 0 bridgehead atoms. The minimum absolute atomic E-state index is 0.126. The van der Waals surface area contributed by atoms with Crippen LogP contribution < -0.4 is 11.1 Å². The number of primary amides is 1. The van der Waals surface area contributed by atoms with E-state index in [1.54, 1.807) is 6.20 Å². The second-order valence-electron chi connectivity index (χ2n) is 7.61. The number of carbonyl (C=O) groups excluding carboxylic acids is 2. The van der Waals surface area contributed by atoms with Crippen molar-refractivity contribution >= 4 is 22.8 Å². The fourth-order valence-corrected chi connectivity index (χ4v) is 4.11. The van der Waals surface area contributed by atoms with Crippen molar-refractivity contribution in [1.82, 2.24) is 20.2 Å². The molecule has 2 unspecified atom stereocenters. The molecule has 4 N–H and O–H groups in total. The number of fused-ring (bicyclic) bond motifs is 1. The van der Waals surface area contributed by atoms with Crippen molar-refractivity contribution in [3.63, 3.8) is 0 Å². The summed E-state index contributed by atoms with van der Waals surface area (Å²) in [6, 6.07) is 13.1. The standard InChI is InChI=1S/C22H25N5O2/c1-14(22(29)26-12-15-9-17-7-8-24-21(17)25-11-15)27-13-18(10-19(27)20(23)28)16-5-3-2-4-6-16/h2-9,11,14,18-19H,10,12-13H2,1H3,(H2,23,28)(H,24,25)(H,26,29)/t14-,18?,19?/m0/s1. The van der Waals surface area contributed by atoms with Crippen LogP contribution in [0.1, 0.15) is 30.4 Å². The molecule has 7 nitrogen and oxygen atoms in total. The highest BCUT2D eigenvalue weighted by Crippen LogP contribution is 2.33. The van der Waals surface area contributed by atoms with Crippen LogP contribution in [-0.2, 0) is 16.1 Å². The van der Waals surface area contributed by atoms with Gasteiger partial charge in [0, 0.05) is 30.9 Å². The van der Waals surface area contributed by atoms with Crippen molar-refractivity contribution in [2.45, 2.75) is 37.9 Å². The molecule has 150 valence electrons. The number of hydrogen-bond acceptors (Lipinski definition) is 4. The summed E-state index contributed by atoms with van der Waals surface area (Å²) in [7, 11) is 0. The van der Waals surface area contributed by atoms with Crippen LogP contribution in [0.25, 0.3) is 11.0 Å². The van der Waals surface area contributed by atoms with Crippen molar-refractivity contribution in [1.29, 1.82) is 0 Å². The van der Waals surface area contributed by atoms with Gasteiger partial charge in [-0.05, 0) is 42.5 Å². The Hall–Kier alpha value is -3.19. The normalized spacial score (nSPS) is 20.6. The van der Waals surface area contributed by atoms with Crippen LogP contribution in [0.3, 0.4) is 0 Å². The summed E-state index contributed by atoms with van der Waals surface area (Å²) in [6.07, 6.45) is 4.21. The van der Waals surface area contributed by atoms with Gasteiger partial charge in [0.1, 0.15) is 5.65 Å². The highest BCUT2D eigenvalue weighted by atomic mass is 16.2. The molecule has 1 aliphatic heterocycles. The lowest BCUT2D eigenvalue weighted by molar-refractivity contribution is -0.129. The Morgan fingerprint density at radius 3 is 2.86 bits per heavy atom. The van der Waals surface area contributed by atoms with Gasteiger partial charge in [-0.25, -0.2) is 4.98 Å². The third-order valence-electron chi connectivity index (χ3n) is 5.74. The Kier molecular flexibility index (Phi) is 5.31. The van der Waals surface area contributed by atoms with Gasteiger partial charge in [-0.2, -0.15) is 0 Å². The molecule has 2 aromatic heterocycles.